The summed E-state index contributed by atoms with van der Waals surface area (Å²) < 4.78 is 0. The number of ketones is 1. The standard InChI is InChI=1S/C15H24O/c1-11-5-6-13(16)15(4)10-12(15)9-14(2,3)8-7-11/h7,12H,5-6,8-10H2,1-4H3/b11-7+/t12-,15+/m1/s1. The van der Waals surface area contributed by atoms with E-state index in [4.69, 9.17) is 0 Å². The number of hydrogen-bond donors (Lipinski definition) is 0. The predicted molar refractivity (Wildman–Crippen MR) is 67.2 cm³/mol. The van der Waals surface area contributed by atoms with E-state index in [0.29, 0.717) is 17.1 Å². The van der Waals surface area contributed by atoms with Crippen LogP contribution in [0, 0.1) is 16.7 Å². The Hall–Kier alpha value is -0.590. The summed E-state index contributed by atoms with van der Waals surface area (Å²) >= 11 is 0. The van der Waals surface area contributed by atoms with Crippen LogP contribution in [0.3, 0.4) is 0 Å². The smallest absolute Gasteiger partial charge is 0.139 e. The second kappa shape index (κ2) is 3.72. The fourth-order valence-corrected chi connectivity index (χ4v) is 2.99. The van der Waals surface area contributed by atoms with Gasteiger partial charge < -0.3 is 0 Å². The summed E-state index contributed by atoms with van der Waals surface area (Å²) in [7, 11) is 0. The summed E-state index contributed by atoms with van der Waals surface area (Å²) in [6.07, 6.45) is 7.58. The van der Waals surface area contributed by atoms with Crippen molar-refractivity contribution in [1.29, 1.82) is 0 Å². The van der Waals surface area contributed by atoms with Gasteiger partial charge in [0.25, 0.3) is 0 Å². The Kier molecular flexibility index (Phi) is 2.76. The van der Waals surface area contributed by atoms with E-state index >= 15 is 0 Å². The second-order valence-electron chi connectivity index (χ2n) is 6.86. The molecule has 0 radical (unpaired) electrons. The molecular weight excluding hydrogens is 196 g/mol. The first-order chi connectivity index (χ1) is 7.33. The van der Waals surface area contributed by atoms with Crippen molar-refractivity contribution in [3.8, 4) is 0 Å². The number of carbonyl (C=O) groups is 1. The Morgan fingerprint density at radius 2 is 1.88 bits per heavy atom. The van der Waals surface area contributed by atoms with E-state index in [0.717, 1.165) is 19.3 Å². The molecule has 0 saturated heterocycles. The van der Waals surface area contributed by atoms with Crippen molar-refractivity contribution >= 4 is 5.78 Å². The second-order valence-corrected chi connectivity index (χ2v) is 6.86. The van der Waals surface area contributed by atoms with E-state index in [1.165, 1.54) is 18.4 Å². The van der Waals surface area contributed by atoms with Crippen molar-refractivity contribution in [3.63, 3.8) is 0 Å². The largest absolute Gasteiger partial charge is 0.299 e. The average molecular weight is 220 g/mol. The van der Waals surface area contributed by atoms with Crippen molar-refractivity contribution in [1.82, 2.24) is 0 Å². The summed E-state index contributed by atoms with van der Waals surface area (Å²) in [6, 6.07) is 0. The molecule has 0 aromatic rings. The maximum Gasteiger partial charge on any atom is 0.139 e. The summed E-state index contributed by atoms with van der Waals surface area (Å²) in [5.41, 5.74) is 1.79. The van der Waals surface area contributed by atoms with E-state index in [2.05, 4.69) is 33.8 Å². The van der Waals surface area contributed by atoms with Crippen LogP contribution in [0.4, 0.5) is 0 Å². The van der Waals surface area contributed by atoms with E-state index in [-0.39, 0.29) is 5.41 Å². The van der Waals surface area contributed by atoms with Gasteiger partial charge in [0.05, 0.1) is 0 Å². The summed E-state index contributed by atoms with van der Waals surface area (Å²) in [6.45, 7) is 9.01. The Morgan fingerprint density at radius 1 is 1.19 bits per heavy atom. The van der Waals surface area contributed by atoms with Crippen LogP contribution in [0.25, 0.3) is 0 Å². The highest BCUT2D eigenvalue weighted by Gasteiger charge is 2.55. The van der Waals surface area contributed by atoms with Gasteiger partial charge in [-0.05, 0) is 43.9 Å². The van der Waals surface area contributed by atoms with Gasteiger partial charge in [-0.15, -0.1) is 0 Å². The highest BCUT2D eigenvalue weighted by atomic mass is 16.1. The monoisotopic (exact) mass is 220 g/mol. The predicted octanol–water partition coefficient (Wildman–Crippen LogP) is 4.13. The molecule has 2 rings (SSSR count). The van der Waals surface area contributed by atoms with Crippen LogP contribution in [0.15, 0.2) is 11.6 Å². The molecule has 90 valence electrons. The third-order valence-electron chi connectivity index (χ3n) is 4.60. The quantitative estimate of drug-likeness (QED) is 0.561. The maximum absolute atomic E-state index is 12.1. The van der Waals surface area contributed by atoms with Gasteiger partial charge in [0, 0.05) is 11.8 Å². The zero-order valence-electron chi connectivity index (χ0n) is 11.1. The molecule has 2 aliphatic rings. The first-order valence-corrected chi connectivity index (χ1v) is 6.52. The Morgan fingerprint density at radius 3 is 2.56 bits per heavy atom. The van der Waals surface area contributed by atoms with Gasteiger partial charge in [-0.2, -0.15) is 0 Å². The first kappa shape index (κ1) is 11.9. The summed E-state index contributed by atoms with van der Waals surface area (Å²) in [5.74, 6) is 1.16. The Labute approximate surface area is 99.3 Å². The summed E-state index contributed by atoms with van der Waals surface area (Å²) in [5, 5.41) is 0. The number of hydrogen-bond acceptors (Lipinski definition) is 1. The zero-order valence-corrected chi connectivity index (χ0v) is 11.1. The van der Waals surface area contributed by atoms with Gasteiger partial charge in [-0.1, -0.05) is 32.4 Å². The number of allylic oxidation sites excluding steroid dienone is 2. The molecule has 1 nitrogen and oxygen atoms in total. The van der Waals surface area contributed by atoms with Crippen LogP contribution in [0.5, 0.6) is 0 Å². The molecule has 0 aliphatic heterocycles. The van der Waals surface area contributed by atoms with Gasteiger partial charge in [0.15, 0.2) is 0 Å². The fraction of sp³-hybridized carbons (Fsp3) is 0.800. The molecule has 0 unspecified atom stereocenters. The molecule has 0 aromatic heterocycles. The molecule has 0 amide bonds. The van der Waals surface area contributed by atoms with Crippen LogP contribution < -0.4 is 0 Å². The number of fused-ring (bicyclic) bond motifs is 1. The van der Waals surface area contributed by atoms with E-state index in [1.807, 2.05) is 0 Å². The lowest BCUT2D eigenvalue weighted by Crippen LogP contribution is -2.19. The molecule has 0 N–H and O–H groups in total. The molecule has 1 heteroatoms. The van der Waals surface area contributed by atoms with Crippen LogP contribution in [0.1, 0.15) is 59.8 Å². The van der Waals surface area contributed by atoms with Gasteiger partial charge in [0.2, 0.25) is 0 Å². The van der Waals surface area contributed by atoms with E-state index in [9.17, 15) is 4.79 Å². The summed E-state index contributed by atoms with van der Waals surface area (Å²) in [4.78, 5) is 12.1. The van der Waals surface area contributed by atoms with Gasteiger partial charge in [0.1, 0.15) is 5.78 Å². The van der Waals surface area contributed by atoms with Crippen molar-refractivity contribution in [2.75, 3.05) is 0 Å². The van der Waals surface area contributed by atoms with Crippen molar-refractivity contribution < 1.29 is 4.79 Å². The molecule has 16 heavy (non-hydrogen) atoms. The third-order valence-corrected chi connectivity index (χ3v) is 4.60. The SMILES string of the molecule is C/C1=C\CC(C)(C)C[C@@H]2C[C@]2(C)C(=O)CC1. The van der Waals surface area contributed by atoms with Crippen LogP contribution >= 0.6 is 0 Å². The number of Topliss-reactive ketones (excluding diaryl/α,β-unsaturated/α-hetero) is 1. The number of rotatable bonds is 0. The van der Waals surface area contributed by atoms with E-state index < -0.39 is 0 Å². The lowest BCUT2D eigenvalue weighted by Gasteiger charge is -2.25. The fourth-order valence-electron chi connectivity index (χ4n) is 2.99. The van der Waals surface area contributed by atoms with Gasteiger partial charge in [-0.3, -0.25) is 4.79 Å². The van der Waals surface area contributed by atoms with Gasteiger partial charge in [-0.25, -0.2) is 0 Å². The highest BCUT2D eigenvalue weighted by molar-refractivity contribution is 5.87. The van der Waals surface area contributed by atoms with Crippen molar-refractivity contribution in [3.05, 3.63) is 11.6 Å². The third kappa shape index (κ3) is 2.23. The highest BCUT2D eigenvalue weighted by Crippen LogP contribution is 2.58. The Balaban J connectivity index is 2.18. The van der Waals surface area contributed by atoms with Crippen molar-refractivity contribution in [2.24, 2.45) is 16.7 Å². The molecule has 1 saturated carbocycles. The molecule has 2 aliphatic carbocycles. The van der Waals surface area contributed by atoms with Crippen LogP contribution in [0.2, 0.25) is 0 Å². The topological polar surface area (TPSA) is 17.1 Å². The molecule has 0 bridgehead atoms. The van der Waals surface area contributed by atoms with E-state index in [1.54, 1.807) is 0 Å². The van der Waals surface area contributed by atoms with Crippen LogP contribution in [-0.2, 0) is 4.79 Å². The molecule has 1 fully saturated rings. The molecule has 0 heterocycles. The maximum atomic E-state index is 12.1. The van der Waals surface area contributed by atoms with Crippen molar-refractivity contribution in [2.45, 2.75) is 59.8 Å². The van der Waals surface area contributed by atoms with Crippen LogP contribution in [-0.4, -0.2) is 5.78 Å². The molecule has 0 aromatic carbocycles. The zero-order chi connectivity index (χ0) is 12.0. The molecule has 0 spiro atoms. The molecule has 2 atom stereocenters. The molecular formula is C15H24O. The first-order valence-electron chi connectivity index (χ1n) is 6.52. The normalized spacial score (nSPS) is 41.9. The lowest BCUT2D eigenvalue weighted by atomic mass is 9.79. The minimum atomic E-state index is 0.0366. The van der Waals surface area contributed by atoms with Gasteiger partial charge >= 0.3 is 0 Å². The Bertz CT molecular complexity index is 337. The lowest BCUT2D eigenvalue weighted by molar-refractivity contribution is -0.124. The number of carbonyl (C=O) groups excluding carboxylic acids is 1. The average Bonchev–Trinajstić information content (AvgIpc) is 2.82. The minimum absolute atomic E-state index is 0.0366. The minimum Gasteiger partial charge on any atom is -0.299 e.